The van der Waals surface area contributed by atoms with Crippen molar-refractivity contribution in [2.24, 2.45) is 0 Å². The summed E-state index contributed by atoms with van der Waals surface area (Å²) in [5, 5.41) is 3.09. The van der Waals surface area contributed by atoms with Gasteiger partial charge in [-0.1, -0.05) is 0 Å². The van der Waals surface area contributed by atoms with E-state index in [4.69, 9.17) is 4.42 Å². The fourth-order valence-electron chi connectivity index (χ4n) is 1.81. The molecule has 0 saturated carbocycles. The maximum Gasteiger partial charge on any atom is 0.246 e. The van der Waals surface area contributed by atoms with Gasteiger partial charge < -0.3 is 4.42 Å². The fraction of sp³-hybridized carbons (Fsp3) is 0.455. The standard InChI is InChI=1S/C11H14N2O3/c1-7(9-4-3-5-16-9)12-8-6-10(14)13(2)11(8)15/h3-5,7-8,12H,6H2,1-2H3. The van der Waals surface area contributed by atoms with Crippen LogP contribution in [-0.2, 0) is 9.59 Å². The van der Waals surface area contributed by atoms with Gasteiger partial charge in [-0.3, -0.25) is 19.8 Å². The number of hydrogen-bond acceptors (Lipinski definition) is 4. The number of carbonyl (C=O) groups is 2. The molecule has 0 bridgehead atoms. The maximum atomic E-state index is 11.6. The van der Waals surface area contributed by atoms with Gasteiger partial charge in [0.1, 0.15) is 5.76 Å². The normalized spacial score (nSPS) is 22.9. The Kier molecular flexibility index (Phi) is 2.78. The van der Waals surface area contributed by atoms with Gasteiger partial charge in [0.05, 0.1) is 24.8 Å². The third-order valence-corrected chi connectivity index (χ3v) is 2.80. The number of carbonyl (C=O) groups excluding carboxylic acids is 2. The lowest BCUT2D eigenvalue weighted by molar-refractivity contribution is -0.137. The van der Waals surface area contributed by atoms with Crippen LogP contribution in [0.5, 0.6) is 0 Å². The van der Waals surface area contributed by atoms with E-state index in [-0.39, 0.29) is 24.3 Å². The first-order chi connectivity index (χ1) is 7.59. The van der Waals surface area contributed by atoms with Crippen molar-refractivity contribution in [2.45, 2.75) is 25.4 Å². The van der Waals surface area contributed by atoms with E-state index < -0.39 is 6.04 Å². The molecule has 2 atom stereocenters. The van der Waals surface area contributed by atoms with E-state index in [0.29, 0.717) is 0 Å². The van der Waals surface area contributed by atoms with Crippen molar-refractivity contribution < 1.29 is 14.0 Å². The number of amides is 2. The molecule has 1 fully saturated rings. The molecule has 5 nitrogen and oxygen atoms in total. The van der Waals surface area contributed by atoms with E-state index in [2.05, 4.69) is 5.32 Å². The molecule has 1 aliphatic heterocycles. The number of likely N-dealkylation sites (tertiary alicyclic amines) is 1. The summed E-state index contributed by atoms with van der Waals surface area (Å²) >= 11 is 0. The molecule has 0 radical (unpaired) electrons. The lowest BCUT2D eigenvalue weighted by atomic mass is 10.2. The molecule has 0 spiro atoms. The van der Waals surface area contributed by atoms with Gasteiger partial charge in [0.15, 0.2) is 0 Å². The van der Waals surface area contributed by atoms with Gasteiger partial charge in [0.25, 0.3) is 0 Å². The second-order valence-electron chi connectivity index (χ2n) is 3.95. The summed E-state index contributed by atoms with van der Waals surface area (Å²) in [5.41, 5.74) is 0. The maximum absolute atomic E-state index is 11.6. The summed E-state index contributed by atoms with van der Waals surface area (Å²) in [4.78, 5) is 24.1. The van der Waals surface area contributed by atoms with Crippen LogP contribution in [-0.4, -0.2) is 29.8 Å². The zero-order valence-corrected chi connectivity index (χ0v) is 9.27. The molecule has 0 aliphatic carbocycles. The van der Waals surface area contributed by atoms with Crippen LogP contribution in [0, 0.1) is 0 Å². The van der Waals surface area contributed by atoms with Crippen LogP contribution >= 0.6 is 0 Å². The molecule has 1 N–H and O–H groups in total. The molecule has 1 aliphatic rings. The smallest absolute Gasteiger partial charge is 0.246 e. The van der Waals surface area contributed by atoms with Crippen LogP contribution in [0.25, 0.3) is 0 Å². The van der Waals surface area contributed by atoms with Crippen LogP contribution < -0.4 is 5.32 Å². The van der Waals surface area contributed by atoms with E-state index in [1.54, 1.807) is 12.3 Å². The average molecular weight is 222 g/mol. The van der Waals surface area contributed by atoms with Crippen molar-refractivity contribution in [3.63, 3.8) is 0 Å². The number of likely N-dealkylation sites (N-methyl/N-ethyl adjacent to an activating group) is 1. The van der Waals surface area contributed by atoms with Gasteiger partial charge in [0.2, 0.25) is 11.8 Å². The molecule has 5 heteroatoms. The fourth-order valence-corrected chi connectivity index (χ4v) is 1.81. The Balaban J connectivity index is 2.01. The Hall–Kier alpha value is -1.62. The largest absolute Gasteiger partial charge is 0.468 e. The summed E-state index contributed by atoms with van der Waals surface area (Å²) in [6.07, 6.45) is 1.81. The van der Waals surface area contributed by atoms with E-state index >= 15 is 0 Å². The Morgan fingerprint density at radius 1 is 1.56 bits per heavy atom. The SMILES string of the molecule is CC(NC1CC(=O)N(C)C1=O)c1ccco1. The van der Waals surface area contributed by atoms with Crippen LogP contribution in [0.4, 0.5) is 0 Å². The number of hydrogen-bond donors (Lipinski definition) is 1. The topological polar surface area (TPSA) is 62.6 Å². The van der Waals surface area contributed by atoms with Crippen molar-refractivity contribution in [3.05, 3.63) is 24.2 Å². The van der Waals surface area contributed by atoms with Gasteiger partial charge in [0, 0.05) is 7.05 Å². The van der Waals surface area contributed by atoms with Crippen LogP contribution in [0.3, 0.4) is 0 Å². The summed E-state index contributed by atoms with van der Waals surface area (Å²) in [6, 6.07) is 3.12. The molecule has 1 aromatic rings. The summed E-state index contributed by atoms with van der Waals surface area (Å²) in [7, 11) is 1.50. The first-order valence-electron chi connectivity index (χ1n) is 5.19. The minimum atomic E-state index is -0.433. The van der Waals surface area contributed by atoms with Crippen LogP contribution in [0.1, 0.15) is 25.1 Å². The first kappa shape index (κ1) is 10.9. The number of nitrogens with one attached hydrogen (secondary N) is 1. The highest BCUT2D eigenvalue weighted by Gasteiger charge is 2.36. The molecule has 2 heterocycles. The van der Waals surface area contributed by atoms with Crippen molar-refractivity contribution in [1.82, 2.24) is 10.2 Å². The quantitative estimate of drug-likeness (QED) is 0.764. The Bertz CT molecular complexity index is 399. The zero-order valence-electron chi connectivity index (χ0n) is 9.27. The van der Waals surface area contributed by atoms with E-state index in [0.717, 1.165) is 10.7 Å². The highest BCUT2D eigenvalue weighted by molar-refractivity contribution is 6.05. The molecule has 1 saturated heterocycles. The Morgan fingerprint density at radius 2 is 2.31 bits per heavy atom. The average Bonchev–Trinajstić information content (AvgIpc) is 2.85. The molecule has 86 valence electrons. The molecule has 1 aromatic heterocycles. The predicted octanol–water partition coefficient (Wildman–Crippen LogP) is 0.687. The second-order valence-corrected chi connectivity index (χ2v) is 3.95. The molecule has 2 rings (SSSR count). The lowest BCUT2D eigenvalue weighted by Gasteiger charge is -2.15. The van der Waals surface area contributed by atoms with Crippen molar-refractivity contribution in [1.29, 1.82) is 0 Å². The molecule has 0 aromatic carbocycles. The Labute approximate surface area is 93.4 Å². The van der Waals surface area contributed by atoms with Gasteiger partial charge >= 0.3 is 0 Å². The summed E-state index contributed by atoms with van der Waals surface area (Å²) in [5.74, 6) is 0.437. The van der Waals surface area contributed by atoms with E-state index in [1.807, 2.05) is 13.0 Å². The van der Waals surface area contributed by atoms with Gasteiger partial charge in [-0.15, -0.1) is 0 Å². The molecule has 2 amide bonds. The third-order valence-electron chi connectivity index (χ3n) is 2.80. The van der Waals surface area contributed by atoms with Gasteiger partial charge in [-0.25, -0.2) is 0 Å². The molecule has 16 heavy (non-hydrogen) atoms. The second kappa shape index (κ2) is 4.09. The minimum absolute atomic E-state index is 0.0803. The van der Waals surface area contributed by atoms with E-state index in [1.165, 1.54) is 7.05 Å². The minimum Gasteiger partial charge on any atom is -0.468 e. The summed E-state index contributed by atoms with van der Waals surface area (Å²) in [6.45, 7) is 1.90. The monoisotopic (exact) mass is 222 g/mol. The Morgan fingerprint density at radius 3 is 2.81 bits per heavy atom. The van der Waals surface area contributed by atoms with Gasteiger partial charge in [-0.2, -0.15) is 0 Å². The third kappa shape index (κ3) is 1.86. The zero-order chi connectivity index (χ0) is 11.7. The lowest BCUT2D eigenvalue weighted by Crippen LogP contribution is -2.38. The molecule has 2 unspecified atom stereocenters. The van der Waals surface area contributed by atoms with Crippen molar-refractivity contribution >= 4 is 11.8 Å². The summed E-state index contributed by atoms with van der Waals surface area (Å²) < 4.78 is 5.22. The predicted molar refractivity (Wildman–Crippen MR) is 56.4 cm³/mol. The van der Waals surface area contributed by atoms with Gasteiger partial charge in [-0.05, 0) is 19.1 Å². The van der Waals surface area contributed by atoms with E-state index in [9.17, 15) is 9.59 Å². The number of furan rings is 1. The first-order valence-corrected chi connectivity index (χ1v) is 5.19. The van der Waals surface area contributed by atoms with Crippen molar-refractivity contribution in [3.8, 4) is 0 Å². The van der Waals surface area contributed by atoms with Crippen molar-refractivity contribution in [2.75, 3.05) is 7.05 Å². The molecular weight excluding hydrogens is 208 g/mol. The number of rotatable bonds is 3. The highest BCUT2D eigenvalue weighted by atomic mass is 16.3. The number of imide groups is 1. The highest BCUT2D eigenvalue weighted by Crippen LogP contribution is 2.17. The van der Waals surface area contributed by atoms with Crippen LogP contribution in [0.2, 0.25) is 0 Å². The number of nitrogens with zero attached hydrogens (tertiary/aromatic N) is 1. The van der Waals surface area contributed by atoms with Crippen LogP contribution in [0.15, 0.2) is 22.8 Å². The molecular formula is C11H14N2O3.